The van der Waals surface area contributed by atoms with Crippen LogP contribution in [0.2, 0.25) is 0 Å². The molecular formula is C58H63ClF2N12O6. The summed E-state index contributed by atoms with van der Waals surface area (Å²) in [4.78, 5) is 78.1. The number of benzene rings is 2. The normalized spacial score (nSPS) is 19.0. The summed E-state index contributed by atoms with van der Waals surface area (Å²) in [6, 6.07) is 9.08. The summed E-state index contributed by atoms with van der Waals surface area (Å²) in [6.07, 6.45) is 18.2. The number of aromatic nitrogens is 8. The first-order valence-electron chi connectivity index (χ1n) is 27.1. The molecule has 4 amide bonds. The van der Waals surface area contributed by atoms with Crippen molar-refractivity contribution in [1.29, 1.82) is 0 Å². The van der Waals surface area contributed by atoms with Crippen LogP contribution in [0.4, 0.5) is 8.78 Å². The van der Waals surface area contributed by atoms with Crippen molar-refractivity contribution in [2.24, 2.45) is 23.7 Å². The highest BCUT2D eigenvalue weighted by atomic mass is 35.5. The molecule has 7 heterocycles. The molecule has 18 nitrogen and oxygen atoms in total. The van der Waals surface area contributed by atoms with Gasteiger partial charge in [-0.2, -0.15) is 0 Å². The molecule has 8 aromatic rings. The van der Waals surface area contributed by atoms with Crippen molar-refractivity contribution in [3.05, 3.63) is 131 Å². The van der Waals surface area contributed by atoms with Crippen LogP contribution >= 0.6 is 11.6 Å². The molecule has 3 aliphatic rings. The zero-order valence-corrected chi connectivity index (χ0v) is 45.3. The molecule has 0 bridgehead atoms. The zero-order chi connectivity index (χ0) is 55.3. The first-order valence-corrected chi connectivity index (χ1v) is 27.6. The number of amides is 4. The van der Waals surface area contributed by atoms with E-state index in [1.54, 1.807) is 61.3 Å². The van der Waals surface area contributed by atoms with Gasteiger partial charge in [0.05, 0.1) is 45.6 Å². The number of imidazole rings is 2. The fourth-order valence-corrected chi connectivity index (χ4v) is 11.1. The fraction of sp³-hybridized carbons (Fsp3) is 0.414. The van der Waals surface area contributed by atoms with E-state index in [1.165, 1.54) is 31.1 Å². The molecule has 0 radical (unpaired) electrons. The Hall–Kier alpha value is -7.87. The van der Waals surface area contributed by atoms with Gasteiger partial charge < -0.3 is 39.9 Å². The van der Waals surface area contributed by atoms with Gasteiger partial charge in [0.1, 0.15) is 46.3 Å². The Morgan fingerprint density at radius 2 is 1.11 bits per heavy atom. The van der Waals surface area contributed by atoms with Crippen molar-refractivity contribution in [3.8, 4) is 22.3 Å². The molecule has 1 saturated heterocycles. The summed E-state index contributed by atoms with van der Waals surface area (Å²) in [7, 11) is 0. The maximum Gasteiger partial charge on any atom is 0.257 e. The molecule has 2 saturated carbocycles. The summed E-state index contributed by atoms with van der Waals surface area (Å²) in [5.74, 6) is 0.760. The number of rotatable bonds is 15. The van der Waals surface area contributed by atoms with Crippen LogP contribution in [0.25, 0.3) is 44.3 Å². The van der Waals surface area contributed by atoms with E-state index in [4.69, 9.17) is 20.6 Å². The molecule has 3 fully saturated rings. The zero-order valence-electron chi connectivity index (χ0n) is 44.5. The standard InChI is InChI=1S/C29H32ClFN6O3.C29H31FN6O3/c1-16-4-6-18(7-5-16)25(36-29(39)22-15-40-37-17(22)2)27-34-23-9-8-19(24(31)26(23)35-27)21-14-32-13-10-20(21)28(38)33-12-3-11-30;1-16-4-6-18(7-5-16)25(34-28(37)22-15-39-35-17(22)2)27-32-23-9-8-19(24(30)26(23)33-27)21-14-31-11-10-20(21)29(38)36-12-3-13-36/h8-10,13-16,18,25H,3-7,11-12H2,1-2H3,(H,33,38)(H,34,35)(H,36,39);8-11,14-16,18,25H,3-7,12-13H2,1-2H3,(H,32,33)(H,34,37)/t2*16?,18?,25-/m00/s1. The SMILES string of the molecule is Cc1nocc1C(=O)N[C@H](c1nc2c(F)c(-c3cnccc3C(=O)N3CCC3)ccc2[nH]1)C1CCC(C)CC1.Cc1nocc1C(=O)N[C@H](c1nc2c(F)c(-c3cnccc3C(=O)NCCCCl)ccc2[nH]1)C1CCC(C)CC1. The topological polar surface area (TPSA) is 243 Å². The molecule has 2 atom stereocenters. The van der Waals surface area contributed by atoms with E-state index >= 15 is 8.78 Å². The Morgan fingerprint density at radius 1 is 0.646 bits per heavy atom. The molecule has 0 unspecified atom stereocenters. The van der Waals surface area contributed by atoms with E-state index in [0.29, 0.717) is 111 Å². The quantitative estimate of drug-likeness (QED) is 0.0476. The number of H-pyrrole nitrogens is 2. The summed E-state index contributed by atoms with van der Waals surface area (Å²) >= 11 is 5.72. The second-order valence-corrected chi connectivity index (χ2v) is 21.6. The van der Waals surface area contributed by atoms with Gasteiger partial charge in [-0.15, -0.1) is 11.6 Å². The third-order valence-corrected chi connectivity index (χ3v) is 16.1. The minimum Gasteiger partial charge on any atom is -0.364 e. The van der Waals surface area contributed by atoms with Gasteiger partial charge in [0.15, 0.2) is 11.6 Å². The Balaban J connectivity index is 0.000000178. The summed E-state index contributed by atoms with van der Waals surface area (Å²) < 4.78 is 42.0. The average molecular weight is 1100 g/mol. The van der Waals surface area contributed by atoms with Gasteiger partial charge >= 0.3 is 0 Å². The number of halogens is 3. The molecule has 2 aliphatic carbocycles. The van der Waals surface area contributed by atoms with Crippen molar-refractivity contribution < 1.29 is 37.0 Å². The number of nitrogens with zero attached hydrogens (tertiary/aromatic N) is 7. The number of likely N-dealkylation sites (tertiary alicyclic amines) is 1. The number of fused-ring (bicyclic) bond motifs is 2. The summed E-state index contributed by atoms with van der Waals surface area (Å²) in [5.41, 5.74) is 5.05. The summed E-state index contributed by atoms with van der Waals surface area (Å²) in [6.45, 7) is 9.70. The molecule has 2 aromatic carbocycles. The van der Waals surface area contributed by atoms with E-state index in [1.807, 2.05) is 0 Å². The third kappa shape index (κ3) is 11.7. The first-order chi connectivity index (χ1) is 38.3. The number of carbonyl (C=O) groups excluding carboxylic acids is 4. The minimum absolute atomic E-state index is 0.126. The number of carbonyl (C=O) groups is 4. The van der Waals surface area contributed by atoms with E-state index in [2.05, 4.69) is 70.0 Å². The summed E-state index contributed by atoms with van der Waals surface area (Å²) in [5, 5.41) is 16.7. The van der Waals surface area contributed by atoms with Crippen LogP contribution in [-0.4, -0.2) is 94.3 Å². The third-order valence-electron chi connectivity index (χ3n) is 15.9. The molecule has 5 N–H and O–H groups in total. The van der Waals surface area contributed by atoms with Gasteiger partial charge in [-0.05, 0) is 112 Å². The number of pyridine rings is 2. The lowest BCUT2D eigenvalue weighted by Gasteiger charge is -2.32. The Bertz CT molecular complexity index is 3500. The lowest BCUT2D eigenvalue weighted by atomic mass is 9.79. The molecule has 79 heavy (non-hydrogen) atoms. The predicted octanol–water partition coefficient (Wildman–Crippen LogP) is 10.9. The fourth-order valence-electron chi connectivity index (χ4n) is 11.0. The van der Waals surface area contributed by atoms with Gasteiger partial charge in [-0.1, -0.05) is 49.8 Å². The molecule has 1 aliphatic heterocycles. The molecule has 6 aromatic heterocycles. The highest BCUT2D eigenvalue weighted by molar-refractivity contribution is 6.17. The molecule has 11 rings (SSSR count). The van der Waals surface area contributed by atoms with Crippen LogP contribution in [0.1, 0.15) is 155 Å². The number of alkyl halides is 1. The number of aromatic amines is 2. The second-order valence-electron chi connectivity index (χ2n) is 21.2. The van der Waals surface area contributed by atoms with Crippen LogP contribution in [0.15, 0.2) is 82.8 Å². The molecule has 21 heteroatoms. The molecular weight excluding hydrogens is 1030 g/mol. The lowest BCUT2D eigenvalue weighted by Crippen LogP contribution is -2.42. The van der Waals surface area contributed by atoms with E-state index in [0.717, 1.165) is 57.8 Å². The van der Waals surface area contributed by atoms with Gasteiger partial charge in [0, 0.05) is 72.6 Å². The Kier molecular flexibility index (Phi) is 16.6. The van der Waals surface area contributed by atoms with Gasteiger partial charge in [-0.25, -0.2) is 18.7 Å². The van der Waals surface area contributed by atoms with Crippen molar-refractivity contribution in [2.45, 2.75) is 104 Å². The number of nitrogens with one attached hydrogen (secondary N) is 5. The number of aryl methyl sites for hydroxylation is 2. The van der Waals surface area contributed by atoms with Crippen LogP contribution in [0.3, 0.4) is 0 Å². The maximum absolute atomic E-state index is 16.1. The first kappa shape index (κ1) is 54.5. The largest absolute Gasteiger partial charge is 0.364 e. The number of hydrogen-bond donors (Lipinski definition) is 5. The second kappa shape index (κ2) is 24.0. The predicted molar refractivity (Wildman–Crippen MR) is 292 cm³/mol. The highest BCUT2D eigenvalue weighted by Crippen LogP contribution is 2.40. The minimum atomic E-state index is -0.569. The van der Waals surface area contributed by atoms with Gasteiger partial charge in [-0.3, -0.25) is 29.1 Å². The Morgan fingerprint density at radius 3 is 1.54 bits per heavy atom. The average Bonchev–Trinajstić information content (AvgIpc) is 4.36. The van der Waals surface area contributed by atoms with E-state index in [9.17, 15) is 19.2 Å². The van der Waals surface area contributed by atoms with Crippen molar-refractivity contribution in [3.63, 3.8) is 0 Å². The van der Waals surface area contributed by atoms with Crippen LogP contribution < -0.4 is 16.0 Å². The molecule has 0 spiro atoms. The van der Waals surface area contributed by atoms with Crippen molar-refractivity contribution >= 4 is 57.3 Å². The van der Waals surface area contributed by atoms with Crippen LogP contribution in [0.5, 0.6) is 0 Å². The van der Waals surface area contributed by atoms with Crippen molar-refractivity contribution in [2.75, 3.05) is 25.5 Å². The van der Waals surface area contributed by atoms with Crippen molar-refractivity contribution in [1.82, 2.24) is 61.1 Å². The maximum atomic E-state index is 16.1. The van der Waals surface area contributed by atoms with Gasteiger partial charge in [0.25, 0.3) is 23.6 Å². The monoisotopic (exact) mass is 1100 g/mol. The van der Waals surface area contributed by atoms with Gasteiger partial charge in [0.2, 0.25) is 0 Å². The van der Waals surface area contributed by atoms with E-state index < -0.39 is 23.7 Å². The van der Waals surface area contributed by atoms with Crippen LogP contribution in [0, 0.1) is 49.2 Å². The smallest absolute Gasteiger partial charge is 0.257 e. The number of hydrogen-bond acceptors (Lipinski definition) is 12. The highest BCUT2D eigenvalue weighted by Gasteiger charge is 2.35. The van der Waals surface area contributed by atoms with Crippen LogP contribution in [-0.2, 0) is 0 Å². The van der Waals surface area contributed by atoms with E-state index in [-0.39, 0.29) is 57.6 Å². The Labute approximate surface area is 459 Å². The molecule has 412 valence electrons. The lowest BCUT2D eigenvalue weighted by molar-refractivity contribution is 0.0652.